The van der Waals surface area contributed by atoms with Crippen molar-refractivity contribution in [3.8, 4) is 0 Å². The molecule has 0 aliphatic rings. The monoisotopic (exact) mass is 319 g/mol. The number of nitrogens with zero attached hydrogens (tertiary/aromatic N) is 3. The molecule has 1 aromatic heterocycles. The Morgan fingerprint density at radius 3 is 2.38 bits per heavy atom. The van der Waals surface area contributed by atoms with E-state index in [1.54, 1.807) is 6.20 Å². The van der Waals surface area contributed by atoms with E-state index in [0.29, 0.717) is 17.7 Å². The fourth-order valence-electron chi connectivity index (χ4n) is 2.35. The fraction of sp³-hybridized carbons (Fsp3) is 0.211. The Bertz CT molecular complexity index is 812. The summed E-state index contributed by atoms with van der Waals surface area (Å²) in [6, 6.07) is 16.3. The van der Waals surface area contributed by atoms with Gasteiger partial charge in [0, 0.05) is 11.4 Å². The van der Waals surface area contributed by atoms with Gasteiger partial charge in [-0.25, -0.2) is 0 Å². The van der Waals surface area contributed by atoms with E-state index in [1.165, 1.54) is 5.56 Å². The Labute approximate surface area is 142 Å². The van der Waals surface area contributed by atoms with Crippen molar-refractivity contribution in [3.05, 3.63) is 65.9 Å². The molecule has 0 unspecified atom stereocenters. The molecule has 0 saturated carbocycles. The summed E-state index contributed by atoms with van der Waals surface area (Å²) in [5.74, 6) is 1.63. The van der Waals surface area contributed by atoms with Gasteiger partial charge >= 0.3 is 0 Å². The van der Waals surface area contributed by atoms with Crippen molar-refractivity contribution in [2.75, 3.05) is 10.6 Å². The Morgan fingerprint density at radius 1 is 0.917 bits per heavy atom. The van der Waals surface area contributed by atoms with Gasteiger partial charge in [0.05, 0.1) is 6.20 Å². The van der Waals surface area contributed by atoms with Gasteiger partial charge in [-0.2, -0.15) is 10.1 Å². The van der Waals surface area contributed by atoms with Crippen molar-refractivity contribution >= 4 is 23.1 Å². The van der Waals surface area contributed by atoms with Gasteiger partial charge in [-0.05, 0) is 42.2 Å². The molecule has 5 heteroatoms. The molecule has 2 N–H and O–H groups in total. The molecule has 0 spiro atoms. The average molecular weight is 319 g/mol. The lowest BCUT2D eigenvalue weighted by Crippen LogP contribution is -2.03. The SMILES string of the molecule is Cc1ccccc1Nc1cnnc(Nc2ccc(C(C)C)cc2)n1. The molecule has 122 valence electrons. The number of anilines is 4. The highest BCUT2D eigenvalue weighted by molar-refractivity contribution is 5.61. The van der Waals surface area contributed by atoms with Gasteiger partial charge in [-0.1, -0.05) is 44.2 Å². The van der Waals surface area contributed by atoms with Crippen LogP contribution in [0.25, 0.3) is 0 Å². The van der Waals surface area contributed by atoms with E-state index in [2.05, 4.69) is 51.8 Å². The van der Waals surface area contributed by atoms with E-state index in [0.717, 1.165) is 16.9 Å². The quantitative estimate of drug-likeness (QED) is 0.708. The average Bonchev–Trinajstić information content (AvgIpc) is 2.58. The summed E-state index contributed by atoms with van der Waals surface area (Å²) in [4.78, 5) is 4.47. The standard InChI is InChI=1S/C19H21N5/c1-13(2)15-8-10-16(11-9-15)21-19-23-18(12-20-24-19)22-17-7-5-4-6-14(17)3/h4-13H,1-3H3,(H2,21,22,23,24). The lowest BCUT2D eigenvalue weighted by molar-refractivity contribution is 0.867. The van der Waals surface area contributed by atoms with Crippen LogP contribution in [-0.4, -0.2) is 15.2 Å². The topological polar surface area (TPSA) is 62.7 Å². The molecule has 0 saturated heterocycles. The van der Waals surface area contributed by atoms with E-state index in [4.69, 9.17) is 0 Å². The smallest absolute Gasteiger partial charge is 0.249 e. The second kappa shape index (κ2) is 7.08. The zero-order valence-electron chi connectivity index (χ0n) is 14.1. The molecule has 0 fully saturated rings. The summed E-state index contributed by atoms with van der Waals surface area (Å²) >= 11 is 0. The highest BCUT2D eigenvalue weighted by atomic mass is 15.3. The molecule has 0 aliphatic carbocycles. The maximum absolute atomic E-state index is 4.47. The lowest BCUT2D eigenvalue weighted by atomic mass is 10.0. The van der Waals surface area contributed by atoms with Crippen LogP contribution in [0.1, 0.15) is 30.9 Å². The van der Waals surface area contributed by atoms with Gasteiger partial charge in [0.25, 0.3) is 0 Å². The first kappa shape index (κ1) is 15.9. The molecular weight excluding hydrogens is 298 g/mol. The summed E-state index contributed by atoms with van der Waals surface area (Å²) < 4.78 is 0. The zero-order chi connectivity index (χ0) is 16.9. The molecule has 0 aliphatic heterocycles. The second-order valence-corrected chi connectivity index (χ2v) is 6.01. The van der Waals surface area contributed by atoms with Crippen molar-refractivity contribution in [2.45, 2.75) is 26.7 Å². The summed E-state index contributed by atoms with van der Waals surface area (Å²) in [5.41, 5.74) is 4.39. The number of nitrogens with one attached hydrogen (secondary N) is 2. The number of rotatable bonds is 5. The zero-order valence-corrected chi connectivity index (χ0v) is 14.1. The van der Waals surface area contributed by atoms with Crippen LogP contribution in [0.4, 0.5) is 23.1 Å². The van der Waals surface area contributed by atoms with Crippen molar-refractivity contribution in [1.82, 2.24) is 15.2 Å². The summed E-state index contributed by atoms with van der Waals surface area (Å²) in [6.07, 6.45) is 1.61. The predicted molar refractivity (Wildman–Crippen MR) is 98.1 cm³/mol. The largest absolute Gasteiger partial charge is 0.339 e. The van der Waals surface area contributed by atoms with E-state index < -0.39 is 0 Å². The Hall–Kier alpha value is -2.95. The summed E-state index contributed by atoms with van der Waals surface area (Å²) in [5, 5.41) is 14.5. The number of aryl methyl sites for hydroxylation is 1. The van der Waals surface area contributed by atoms with Crippen LogP contribution in [0.15, 0.2) is 54.7 Å². The van der Waals surface area contributed by atoms with Gasteiger partial charge in [-0.3, -0.25) is 0 Å². The Kier molecular flexibility index (Phi) is 4.70. The van der Waals surface area contributed by atoms with Crippen LogP contribution in [0.3, 0.4) is 0 Å². The number of benzene rings is 2. The minimum atomic E-state index is 0.464. The molecule has 2 aromatic carbocycles. The third-order valence-corrected chi connectivity index (χ3v) is 3.80. The first-order valence-electron chi connectivity index (χ1n) is 8.01. The number of para-hydroxylation sites is 1. The third kappa shape index (κ3) is 3.87. The van der Waals surface area contributed by atoms with Crippen molar-refractivity contribution in [1.29, 1.82) is 0 Å². The molecule has 0 atom stereocenters. The molecule has 0 radical (unpaired) electrons. The highest BCUT2D eigenvalue weighted by Gasteiger charge is 2.04. The molecule has 1 heterocycles. The van der Waals surface area contributed by atoms with E-state index in [9.17, 15) is 0 Å². The first-order valence-corrected chi connectivity index (χ1v) is 8.01. The minimum absolute atomic E-state index is 0.464. The van der Waals surface area contributed by atoms with Crippen molar-refractivity contribution in [2.24, 2.45) is 0 Å². The molecular formula is C19H21N5. The first-order chi connectivity index (χ1) is 11.6. The van der Waals surface area contributed by atoms with Crippen LogP contribution in [-0.2, 0) is 0 Å². The van der Waals surface area contributed by atoms with Crippen LogP contribution in [0, 0.1) is 6.92 Å². The molecule has 3 aromatic rings. The lowest BCUT2D eigenvalue weighted by Gasteiger charge is -2.10. The Balaban J connectivity index is 1.74. The molecule has 5 nitrogen and oxygen atoms in total. The maximum atomic E-state index is 4.47. The normalized spacial score (nSPS) is 10.7. The second-order valence-electron chi connectivity index (χ2n) is 6.01. The van der Waals surface area contributed by atoms with Crippen LogP contribution >= 0.6 is 0 Å². The summed E-state index contributed by atoms with van der Waals surface area (Å²) in [7, 11) is 0. The number of hydrogen-bond donors (Lipinski definition) is 2. The summed E-state index contributed by atoms with van der Waals surface area (Å²) in [6.45, 7) is 6.40. The van der Waals surface area contributed by atoms with Gasteiger partial charge < -0.3 is 10.6 Å². The van der Waals surface area contributed by atoms with Gasteiger partial charge in [0.2, 0.25) is 5.95 Å². The van der Waals surface area contributed by atoms with Crippen LogP contribution in [0.2, 0.25) is 0 Å². The third-order valence-electron chi connectivity index (χ3n) is 3.80. The van der Waals surface area contributed by atoms with Crippen LogP contribution < -0.4 is 10.6 Å². The van der Waals surface area contributed by atoms with E-state index >= 15 is 0 Å². The van der Waals surface area contributed by atoms with Gasteiger partial charge in [0.15, 0.2) is 5.82 Å². The van der Waals surface area contributed by atoms with Gasteiger partial charge in [-0.15, -0.1) is 5.10 Å². The molecule has 3 rings (SSSR count). The predicted octanol–water partition coefficient (Wildman–Crippen LogP) is 4.79. The minimum Gasteiger partial charge on any atom is -0.339 e. The van der Waals surface area contributed by atoms with Crippen molar-refractivity contribution < 1.29 is 0 Å². The number of aromatic nitrogens is 3. The molecule has 0 amide bonds. The van der Waals surface area contributed by atoms with E-state index in [1.807, 2.05) is 43.3 Å². The van der Waals surface area contributed by atoms with Gasteiger partial charge in [0.1, 0.15) is 0 Å². The highest BCUT2D eigenvalue weighted by Crippen LogP contribution is 2.21. The maximum Gasteiger partial charge on any atom is 0.249 e. The fourth-order valence-corrected chi connectivity index (χ4v) is 2.35. The van der Waals surface area contributed by atoms with Crippen LogP contribution in [0.5, 0.6) is 0 Å². The number of hydrogen-bond acceptors (Lipinski definition) is 5. The Morgan fingerprint density at radius 2 is 1.67 bits per heavy atom. The van der Waals surface area contributed by atoms with E-state index in [-0.39, 0.29) is 0 Å². The molecule has 24 heavy (non-hydrogen) atoms. The molecule has 0 bridgehead atoms. The van der Waals surface area contributed by atoms with Crippen molar-refractivity contribution in [3.63, 3.8) is 0 Å².